The third kappa shape index (κ3) is 4.03. The third-order valence-corrected chi connectivity index (χ3v) is 4.10. The SMILES string of the molecule is CCC1CCC(=O)N(Cc2ccc(C(=O)OC)cn2)CC1. The number of carbonyl (C=O) groups is 2. The maximum Gasteiger partial charge on any atom is 0.339 e. The van der Waals surface area contributed by atoms with Crippen molar-refractivity contribution in [2.24, 2.45) is 5.92 Å². The topological polar surface area (TPSA) is 59.5 Å². The van der Waals surface area contributed by atoms with Crippen LogP contribution in [0.25, 0.3) is 0 Å². The van der Waals surface area contributed by atoms with Gasteiger partial charge in [0, 0.05) is 19.2 Å². The molecule has 21 heavy (non-hydrogen) atoms. The Hall–Kier alpha value is -1.91. The Morgan fingerprint density at radius 3 is 2.86 bits per heavy atom. The molecule has 0 aliphatic carbocycles. The summed E-state index contributed by atoms with van der Waals surface area (Å²) in [6, 6.07) is 3.47. The van der Waals surface area contributed by atoms with Crippen LogP contribution in [-0.2, 0) is 16.1 Å². The monoisotopic (exact) mass is 290 g/mol. The van der Waals surface area contributed by atoms with Gasteiger partial charge in [-0.2, -0.15) is 0 Å². The fourth-order valence-corrected chi connectivity index (χ4v) is 2.62. The average Bonchev–Trinajstić information content (AvgIpc) is 2.70. The summed E-state index contributed by atoms with van der Waals surface area (Å²) in [4.78, 5) is 29.6. The van der Waals surface area contributed by atoms with E-state index < -0.39 is 5.97 Å². The van der Waals surface area contributed by atoms with Crippen LogP contribution in [0.4, 0.5) is 0 Å². The lowest BCUT2D eigenvalue weighted by Gasteiger charge is -2.20. The van der Waals surface area contributed by atoms with E-state index in [1.165, 1.54) is 13.3 Å². The second-order valence-corrected chi connectivity index (χ2v) is 5.45. The Balaban J connectivity index is 2.00. The van der Waals surface area contributed by atoms with Crippen LogP contribution in [-0.4, -0.2) is 35.4 Å². The first-order chi connectivity index (χ1) is 10.1. The van der Waals surface area contributed by atoms with E-state index >= 15 is 0 Å². The van der Waals surface area contributed by atoms with E-state index in [1.54, 1.807) is 12.1 Å². The first-order valence-corrected chi connectivity index (χ1v) is 7.45. The molecule has 0 saturated carbocycles. The van der Waals surface area contributed by atoms with E-state index in [4.69, 9.17) is 0 Å². The summed E-state index contributed by atoms with van der Waals surface area (Å²) in [5, 5.41) is 0. The lowest BCUT2D eigenvalue weighted by atomic mass is 9.98. The number of amides is 1. The van der Waals surface area contributed by atoms with Gasteiger partial charge in [0.1, 0.15) is 0 Å². The molecule has 0 radical (unpaired) electrons. The molecule has 1 unspecified atom stereocenters. The van der Waals surface area contributed by atoms with Crippen molar-refractivity contribution in [2.45, 2.75) is 39.2 Å². The summed E-state index contributed by atoms with van der Waals surface area (Å²) in [6.07, 6.45) is 5.30. The molecule has 5 nitrogen and oxygen atoms in total. The summed E-state index contributed by atoms with van der Waals surface area (Å²) in [7, 11) is 1.34. The normalized spacial score (nSPS) is 19.2. The van der Waals surface area contributed by atoms with Crippen LogP contribution in [0.2, 0.25) is 0 Å². The molecular formula is C16H22N2O3. The van der Waals surface area contributed by atoms with Gasteiger partial charge >= 0.3 is 5.97 Å². The lowest BCUT2D eigenvalue weighted by molar-refractivity contribution is -0.131. The highest BCUT2D eigenvalue weighted by atomic mass is 16.5. The van der Waals surface area contributed by atoms with Crippen molar-refractivity contribution in [3.8, 4) is 0 Å². The maximum absolute atomic E-state index is 12.1. The van der Waals surface area contributed by atoms with Gasteiger partial charge in [-0.3, -0.25) is 9.78 Å². The number of nitrogens with zero attached hydrogens (tertiary/aromatic N) is 2. The minimum absolute atomic E-state index is 0.199. The van der Waals surface area contributed by atoms with Crippen LogP contribution in [0, 0.1) is 5.92 Å². The van der Waals surface area contributed by atoms with Gasteiger partial charge < -0.3 is 9.64 Å². The van der Waals surface area contributed by atoms with Crippen LogP contribution < -0.4 is 0 Å². The van der Waals surface area contributed by atoms with Crippen molar-refractivity contribution in [2.75, 3.05) is 13.7 Å². The van der Waals surface area contributed by atoms with Crippen LogP contribution in [0.1, 0.15) is 48.7 Å². The molecule has 0 bridgehead atoms. The largest absolute Gasteiger partial charge is 0.465 e. The fraction of sp³-hybridized carbons (Fsp3) is 0.562. The number of esters is 1. The highest BCUT2D eigenvalue weighted by molar-refractivity contribution is 5.88. The van der Waals surface area contributed by atoms with Crippen LogP contribution in [0.5, 0.6) is 0 Å². The van der Waals surface area contributed by atoms with Gasteiger partial charge in [-0.25, -0.2) is 4.79 Å². The molecule has 1 aromatic rings. The van der Waals surface area contributed by atoms with E-state index in [9.17, 15) is 9.59 Å². The standard InChI is InChI=1S/C16H22N2O3/c1-3-12-4-7-15(19)18(9-8-12)11-14-6-5-13(10-17-14)16(20)21-2/h5-6,10,12H,3-4,7-9,11H2,1-2H3. The predicted octanol–water partition coefficient (Wildman–Crippen LogP) is 2.41. The van der Waals surface area contributed by atoms with Gasteiger partial charge in [0.2, 0.25) is 5.91 Å². The molecule has 0 aromatic carbocycles. The number of hydrogen-bond acceptors (Lipinski definition) is 4. The van der Waals surface area contributed by atoms with Gasteiger partial charge in [0.05, 0.1) is 24.9 Å². The van der Waals surface area contributed by atoms with Crippen molar-refractivity contribution in [1.82, 2.24) is 9.88 Å². The Morgan fingerprint density at radius 2 is 2.24 bits per heavy atom. The summed E-state index contributed by atoms with van der Waals surface area (Å²) in [5.41, 5.74) is 1.22. The quantitative estimate of drug-likeness (QED) is 0.799. The molecule has 1 aromatic heterocycles. The zero-order valence-corrected chi connectivity index (χ0v) is 12.7. The molecule has 114 valence electrons. The second-order valence-electron chi connectivity index (χ2n) is 5.45. The highest BCUT2D eigenvalue weighted by Gasteiger charge is 2.21. The molecule has 1 aliphatic heterocycles. The molecule has 1 fully saturated rings. The van der Waals surface area contributed by atoms with E-state index in [-0.39, 0.29) is 5.91 Å². The first-order valence-electron chi connectivity index (χ1n) is 7.45. The Morgan fingerprint density at radius 1 is 1.43 bits per heavy atom. The zero-order valence-electron chi connectivity index (χ0n) is 12.7. The number of aromatic nitrogens is 1. The molecule has 1 atom stereocenters. The minimum atomic E-state index is -0.398. The van der Waals surface area contributed by atoms with E-state index in [0.29, 0.717) is 24.4 Å². The number of ether oxygens (including phenoxy) is 1. The number of pyridine rings is 1. The van der Waals surface area contributed by atoms with E-state index in [0.717, 1.165) is 31.5 Å². The van der Waals surface area contributed by atoms with E-state index in [1.807, 2.05) is 4.90 Å². The highest BCUT2D eigenvalue weighted by Crippen LogP contribution is 2.22. The molecule has 5 heteroatoms. The van der Waals surface area contributed by atoms with Crippen molar-refractivity contribution in [1.29, 1.82) is 0 Å². The molecule has 0 N–H and O–H groups in total. The zero-order chi connectivity index (χ0) is 15.2. The van der Waals surface area contributed by atoms with Crippen LogP contribution in [0.15, 0.2) is 18.3 Å². The Labute approximate surface area is 125 Å². The van der Waals surface area contributed by atoms with Crippen molar-refractivity contribution < 1.29 is 14.3 Å². The Kier molecular flexibility index (Phi) is 5.31. The molecular weight excluding hydrogens is 268 g/mol. The predicted molar refractivity (Wildman–Crippen MR) is 78.6 cm³/mol. The number of likely N-dealkylation sites (tertiary alicyclic amines) is 1. The average molecular weight is 290 g/mol. The molecule has 0 spiro atoms. The van der Waals surface area contributed by atoms with Gasteiger partial charge in [0.25, 0.3) is 0 Å². The summed E-state index contributed by atoms with van der Waals surface area (Å²) < 4.78 is 4.64. The number of carbonyl (C=O) groups excluding carboxylic acids is 2. The summed E-state index contributed by atoms with van der Waals surface area (Å²) in [6.45, 7) is 3.48. The van der Waals surface area contributed by atoms with Crippen molar-refractivity contribution in [3.05, 3.63) is 29.6 Å². The minimum Gasteiger partial charge on any atom is -0.465 e. The lowest BCUT2D eigenvalue weighted by Crippen LogP contribution is -2.30. The molecule has 1 amide bonds. The first kappa shape index (κ1) is 15.5. The molecule has 2 heterocycles. The van der Waals surface area contributed by atoms with Gasteiger partial charge in [-0.15, -0.1) is 0 Å². The number of methoxy groups -OCH3 is 1. The fourth-order valence-electron chi connectivity index (χ4n) is 2.62. The van der Waals surface area contributed by atoms with Gasteiger partial charge in [0.15, 0.2) is 0 Å². The van der Waals surface area contributed by atoms with Crippen molar-refractivity contribution >= 4 is 11.9 Å². The Bertz CT molecular complexity index is 499. The van der Waals surface area contributed by atoms with Crippen LogP contribution >= 0.6 is 0 Å². The molecule has 1 aliphatic rings. The summed E-state index contributed by atoms with van der Waals surface area (Å²) >= 11 is 0. The third-order valence-electron chi connectivity index (χ3n) is 4.10. The molecule has 1 saturated heterocycles. The van der Waals surface area contributed by atoms with Crippen LogP contribution in [0.3, 0.4) is 0 Å². The maximum atomic E-state index is 12.1. The second kappa shape index (κ2) is 7.20. The van der Waals surface area contributed by atoms with Crippen molar-refractivity contribution in [3.63, 3.8) is 0 Å². The summed E-state index contributed by atoms with van der Waals surface area (Å²) in [5.74, 6) is 0.448. The number of hydrogen-bond donors (Lipinski definition) is 0. The van der Waals surface area contributed by atoms with E-state index in [2.05, 4.69) is 16.6 Å². The number of rotatable bonds is 4. The van der Waals surface area contributed by atoms with Gasteiger partial charge in [-0.1, -0.05) is 13.3 Å². The smallest absolute Gasteiger partial charge is 0.339 e. The molecule has 2 rings (SSSR count). The van der Waals surface area contributed by atoms with Gasteiger partial charge in [-0.05, 0) is 30.9 Å².